The van der Waals surface area contributed by atoms with E-state index in [1.165, 1.54) is 16.2 Å². The highest BCUT2D eigenvalue weighted by Crippen LogP contribution is 2.29. The topological polar surface area (TPSA) is 87.7 Å². The van der Waals surface area contributed by atoms with Crippen LogP contribution in [0.25, 0.3) is 0 Å². The van der Waals surface area contributed by atoms with Crippen LogP contribution in [0.15, 0.2) is 30.3 Å². The normalized spacial score (nSPS) is 11.0. The van der Waals surface area contributed by atoms with Gasteiger partial charge in [-0.3, -0.25) is 14.4 Å². The maximum atomic E-state index is 12.6. The number of hydrogen-bond acceptors (Lipinski definition) is 5. The number of rotatable bonds is 6. The molecule has 29 heavy (non-hydrogen) atoms. The molecular weight excluding hydrogens is 390 g/mol. The molecule has 2 N–H and O–H groups in total. The van der Waals surface area contributed by atoms with Gasteiger partial charge in [-0.15, -0.1) is 11.3 Å². The molecule has 0 aliphatic rings. The molecule has 2 aromatic rings. The van der Waals surface area contributed by atoms with Crippen LogP contribution in [0.1, 0.15) is 36.0 Å². The summed E-state index contributed by atoms with van der Waals surface area (Å²) in [7, 11) is 3.33. The van der Waals surface area contributed by atoms with E-state index < -0.39 is 5.41 Å². The molecule has 0 fully saturated rings. The smallest absolute Gasteiger partial charge is 0.266 e. The first-order valence-corrected chi connectivity index (χ1v) is 9.95. The Labute approximate surface area is 175 Å². The number of amides is 3. The van der Waals surface area contributed by atoms with Crippen molar-refractivity contribution in [2.24, 2.45) is 5.41 Å². The molecule has 3 amide bonds. The summed E-state index contributed by atoms with van der Waals surface area (Å²) in [4.78, 5) is 38.3. The highest BCUT2D eigenvalue weighted by atomic mass is 32.1. The zero-order chi connectivity index (χ0) is 21.8. The number of benzene rings is 1. The summed E-state index contributed by atoms with van der Waals surface area (Å²) in [6.07, 6.45) is 0. The molecule has 7 nitrogen and oxygen atoms in total. The Morgan fingerprint density at radius 2 is 1.69 bits per heavy atom. The largest absolute Gasteiger partial charge is 0.484 e. The molecule has 2 rings (SSSR count). The molecule has 0 aliphatic heterocycles. The summed E-state index contributed by atoms with van der Waals surface area (Å²) in [6, 6.07) is 8.59. The van der Waals surface area contributed by atoms with Crippen LogP contribution in [0.2, 0.25) is 0 Å². The molecule has 0 bridgehead atoms. The molecule has 0 spiro atoms. The van der Waals surface area contributed by atoms with E-state index in [0.29, 0.717) is 21.3 Å². The van der Waals surface area contributed by atoms with Gasteiger partial charge in [0.15, 0.2) is 6.61 Å². The molecule has 0 atom stereocenters. The third-order valence-electron chi connectivity index (χ3n) is 4.02. The summed E-state index contributed by atoms with van der Waals surface area (Å²) in [5.74, 6) is 0.0526. The number of ether oxygens (including phenoxy) is 1. The Morgan fingerprint density at radius 3 is 2.24 bits per heavy atom. The van der Waals surface area contributed by atoms with Crippen LogP contribution < -0.4 is 15.4 Å². The standard InChI is InChI=1S/C21H27N3O4S/c1-13-11-16(23-20(27)21(2,3)4)29-18(13)19(26)22-14-7-9-15(10-8-14)28-12-17(25)24(5)6/h7-11H,12H2,1-6H3,(H,22,26)(H,23,27). The van der Waals surface area contributed by atoms with Crippen molar-refractivity contribution in [1.82, 2.24) is 4.90 Å². The second-order valence-corrected chi connectivity index (χ2v) is 8.93. The van der Waals surface area contributed by atoms with Crippen molar-refractivity contribution in [3.63, 3.8) is 0 Å². The van der Waals surface area contributed by atoms with Gasteiger partial charge in [-0.1, -0.05) is 20.8 Å². The predicted octanol–water partition coefficient (Wildman–Crippen LogP) is 3.76. The van der Waals surface area contributed by atoms with Crippen LogP contribution >= 0.6 is 11.3 Å². The lowest BCUT2D eigenvalue weighted by Gasteiger charge is -2.16. The molecule has 0 saturated heterocycles. The van der Waals surface area contributed by atoms with Gasteiger partial charge in [0.25, 0.3) is 11.8 Å². The maximum absolute atomic E-state index is 12.6. The van der Waals surface area contributed by atoms with E-state index in [0.717, 1.165) is 5.56 Å². The Morgan fingerprint density at radius 1 is 1.07 bits per heavy atom. The summed E-state index contributed by atoms with van der Waals surface area (Å²) >= 11 is 1.24. The van der Waals surface area contributed by atoms with Crippen LogP contribution in [-0.2, 0) is 9.59 Å². The number of nitrogens with one attached hydrogen (secondary N) is 2. The van der Waals surface area contributed by atoms with Gasteiger partial charge in [0.2, 0.25) is 5.91 Å². The molecule has 1 aromatic carbocycles. The molecular formula is C21H27N3O4S. The van der Waals surface area contributed by atoms with E-state index in [9.17, 15) is 14.4 Å². The fourth-order valence-electron chi connectivity index (χ4n) is 2.17. The minimum absolute atomic E-state index is 0.0455. The zero-order valence-electron chi connectivity index (χ0n) is 17.6. The maximum Gasteiger partial charge on any atom is 0.266 e. The summed E-state index contributed by atoms with van der Waals surface area (Å²) in [6.45, 7) is 7.29. The highest BCUT2D eigenvalue weighted by molar-refractivity contribution is 7.18. The Balaban J connectivity index is 2.00. The van der Waals surface area contributed by atoms with Gasteiger partial charge in [-0.2, -0.15) is 0 Å². The lowest BCUT2D eigenvalue weighted by Crippen LogP contribution is -2.27. The molecule has 8 heteroatoms. The summed E-state index contributed by atoms with van der Waals surface area (Å²) < 4.78 is 5.42. The second-order valence-electron chi connectivity index (χ2n) is 7.88. The Kier molecular flexibility index (Phi) is 7.02. The quantitative estimate of drug-likeness (QED) is 0.749. The fraction of sp³-hybridized carbons (Fsp3) is 0.381. The number of carbonyl (C=O) groups excluding carboxylic acids is 3. The minimum Gasteiger partial charge on any atom is -0.484 e. The van der Waals surface area contributed by atoms with Crippen molar-refractivity contribution in [3.05, 3.63) is 40.8 Å². The number of carbonyl (C=O) groups is 3. The summed E-state index contributed by atoms with van der Waals surface area (Å²) in [5, 5.41) is 6.33. The van der Waals surface area contributed by atoms with Crippen LogP contribution in [0.4, 0.5) is 10.7 Å². The van der Waals surface area contributed by atoms with Gasteiger partial charge in [-0.25, -0.2) is 0 Å². The van der Waals surface area contributed by atoms with Gasteiger partial charge < -0.3 is 20.3 Å². The van der Waals surface area contributed by atoms with Crippen LogP contribution in [0, 0.1) is 12.3 Å². The SMILES string of the molecule is Cc1cc(NC(=O)C(C)(C)C)sc1C(=O)Nc1ccc(OCC(=O)N(C)C)cc1. The molecule has 0 saturated carbocycles. The first-order valence-electron chi connectivity index (χ1n) is 9.13. The van der Waals surface area contributed by atoms with Crippen molar-refractivity contribution in [2.75, 3.05) is 31.3 Å². The highest BCUT2D eigenvalue weighted by Gasteiger charge is 2.23. The second kappa shape index (κ2) is 9.09. The zero-order valence-corrected chi connectivity index (χ0v) is 18.4. The number of hydrogen-bond donors (Lipinski definition) is 2. The van der Waals surface area contributed by atoms with E-state index in [-0.39, 0.29) is 24.3 Å². The average Bonchev–Trinajstić information content (AvgIpc) is 3.00. The van der Waals surface area contributed by atoms with Crippen molar-refractivity contribution in [1.29, 1.82) is 0 Å². The van der Waals surface area contributed by atoms with Gasteiger partial charge >= 0.3 is 0 Å². The van der Waals surface area contributed by atoms with Crippen LogP contribution in [0.3, 0.4) is 0 Å². The van der Waals surface area contributed by atoms with Crippen molar-refractivity contribution in [2.45, 2.75) is 27.7 Å². The first-order chi connectivity index (χ1) is 13.5. The molecule has 0 radical (unpaired) electrons. The van der Waals surface area contributed by atoms with E-state index >= 15 is 0 Å². The van der Waals surface area contributed by atoms with Gasteiger partial charge in [0.05, 0.1) is 9.88 Å². The number of likely N-dealkylation sites (N-methyl/N-ethyl adjacent to an activating group) is 1. The van der Waals surface area contributed by atoms with E-state index in [1.54, 1.807) is 44.4 Å². The third kappa shape index (κ3) is 6.32. The fourth-order valence-corrected chi connectivity index (χ4v) is 3.13. The Bertz CT molecular complexity index is 896. The molecule has 0 aliphatic carbocycles. The molecule has 156 valence electrons. The lowest BCUT2D eigenvalue weighted by atomic mass is 9.96. The van der Waals surface area contributed by atoms with Crippen molar-refractivity contribution >= 4 is 39.7 Å². The number of thiophene rings is 1. The number of nitrogens with zero attached hydrogens (tertiary/aromatic N) is 1. The number of anilines is 2. The minimum atomic E-state index is -0.513. The Hall–Kier alpha value is -2.87. The third-order valence-corrected chi connectivity index (χ3v) is 5.17. The first kappa shape index (κ1) is 22.4. The van der Waals surface area contributed by atoms with Crippen molar-refractivity contribution in [3.8, 4) is 5.75 Å². The van der Waals surface area contributed by atoms with Crippen LogP contribution in [-0.4, -0.2) is 43.3 Å². The average molecular weight is 418 g/mol. The van der Waals surface area contributed by atoms with E-state index in [1.807, 2.05) is 27.7 Å². The molecule has 0 unspecified atom stereocenters. The summed E-state index contributed by atoms with van der Waals surface area (Å²) in [5.41, 5.74) is 0.884. The monoisotopic (exact) mass is 417 g/mol. The lowest BCUT2D eigenvalue weighted by molar-refractivity contribution is -0.130. The van der Waals surface area contributed by atoms with Gasteiger partial charge in [0.1, 0.15) is 5.75 Å². The number of aryl methyl sites for hydroxylation is 1. The van der Waals surface area contributed by atoms with E-state index in [4.69, 9.17) is 4.74 Å². The molecule has 1 aromatic heterocycles. The van der Waals surface area contributed by atoms with E-state index in [2.05, 4.69) is 10.6 Å². The van der Waals surface area contributed by atoms with Gasteiger partial charge in [0, 0.05) is 25.2 Å². The van der Waals surface area contributed by atoms with Crippen molar-refractivity contribution < 1.29 is 19.1 Å². The molecule has 1 heterocycles. The van der Waals surface area contributed by atoms with Gasteiger partial charge in [-0.05, 0) is 42.8 Å². The predicted molar refractivity (Wildman–Crippen MR) is 116 cm³/mol. The van der Waals surface area contributed by atoms with Crippen LogP contribution in [0.5, 0.6) is 5.75 Å².